The number of hydrogen-bond donors (Lipinski definition) is 1. The predicted molar refractivity (Wildman–Crippen MR) is 99.7 cm³/mol. The Kier molecular flexibility index (Phi) is 5.10. The molecule has 1 aliphatic heterocycles. The highest BCUT2D eigenvalue weighted by Gasteiger charge is 2.29. The van der Waals surface area contributed by atoms with Gasteiger partial charge in [-0.05, 0) is 56.5 Å². The standard InChI is InChI=1S/C18H23ClN4OS/c19-15-6-2-3-7-16(15)24-12-17-20-22(13-21-10-4-1-5-11-21)18(25)23(17)14-8-9-14/h2-3,6-7,14H,1,4-5,8-13H2/p+1. The van der Waals surface area contributed by atoms with Gasteiger partial charge in [0, 0.05) is 6.04 Å². The number of quaternary nitrogens is 1. The molecular weight excluding hydrogens is 356 g/mol. The van der Waals surface area contributed by atoms with Crippen molar-refractivity contribution in [2.75, 3.05) is 13.1 Å². The molecule has 0 radical (unpaired) electrons. The lowest BCUT2D eigenvalue weighted by atomic mass is 10.1. The number of piperidine rings is 1. The van der Waals surface area contributed by atoms with Crippen LogP contribution in [0.4, 0.5) is 0 Å². The van der Waals surface area contributed by atoms with Crippen LogP contribution in [0.1, 0.15) is 44.0 Å². The molecular formula is C18H24ClN4OS+. The van der Waals surface area contributed by atoms with Gasteiger partial charge in [0.15, 0.2) is 12.5 Å². The molecule has 0 bridgehead atoms. The smallest absolute Gasteiger partial charge is 0.203 e. The monoisotopic (exact) mass is 379 g/mol. The minimum Gasteiger partial charge on any atom is -0.484 e. The van der Waals surface area contributed by atoms with Gasteiger partial charge in [-0.2, -0.15) is 4.68 Å². The van der Waals surface area contributed by atoms with Crippen LogP contribution in [0, 0.1) is 4.77 Å². The molecule has 134 valence electrons. The van der Waals surface area contributed by atoms with E-state index in [4.69, 9.17) is 33.7 Å². The zero-order valence-corrected chi connectivity index (χ0v) is 15.9. The molecule has 2 heterocycles. The van der Waals surface area contributed by atoms with Crippen molar-refractivity contribution in [2.45, 2.75) is 51.4 Å². The van der Waals surface area contributed by atoms with Crippen molar-refractivity contribution in [3.05, 3.63) is 39.9 Å². The zero-order chi connectivity index (χ0) is 17.2. The third-order valence-corrected chi connectivity index (χ3v) is 5.70. The average molecular weight is 380 g/mol. The molecule has 1 aliphatic carbocycles. The minimum atomic E-state index is 0.395. The molecule has 1 N–H and O–H groups in total. The van der Waals surface area contributed by atoms with E-state index in [2.05, 4.69) is 4.57 Å². The molecule has 2 aliphatic rings. The third kappa shape index (κ3) is 3.91. The first-order valence-electron chi connectivity index (χ1n) is 9.11. The number of benzene rings is 1. The molecule has 5 nitrogen and oxygen atoms in total. The summed E-state index contributed by atoms with van der Waals surface area (Å²) in [6, 6.07) is 8.03. The molecule has 4 rings (SSSR count). The number of ether oxygens (including phenoxy) is 1. The summed E-state index contributed by atoms with van der Waals surface area (Å²) in [7, 11) is 0. The van der Waals surface area contributed by atoms with Gasteiger partial charge >= 0.3 is 0 Å². The van der Waals surface area contributed by atoms with Crippen LogP contribution in [0.5, 0.6) is 5.75 Å². The second-order valence-electron chi connectivity index (χ2n) is 6.99. The van der Waals surface area contributed by atoms with Gasteiger partial charge in [0.25, 0.3) is 0 Å². The van der Waals surface area contributed by atoms with Crippen LogP contribution in [-0.2, 0) is 13.3 Å². The van der Waals surface area contributed by atoms with E-state index in [1.807, 2.05) is 28.9 Å². The van der Waals surface area contributed by atoms with Gasteiger partial charge in [-0.15, -0.1) is 5.10 Å². The normalized spacial score (nSPS) is 18.4. The molecule has 2 aromatic rings. The molecule has 0 spiro atoms. The number of aromatic nitrogens is 3. The Hall–Kier alpha value is -1.37. The summed E-state index contributed by atoms with van der Waals surface area (Å²) in [4.78, 5) is 1.57. The van der Waals surface area contributed by atoms with E-state index in [0.717, 1.165) is 17.3 Å². The molecule has 25 heavy (non-hydrogen) atoms. The van der Waals surface area contributed by atoms with Crippen LogP contribution >= 0.6 is 23.8 Å². The average Bonchev–Trinajstić information content (AvgIpc) is 3.41. The Morgan fingerprint density at radius 1 is 1.20 bits per heavy atom. The first kappa shape index (κ1) is 17.1. The molecule has 1 saturated heterocycles. The van der Waals surface area contributed by atoms with E-state index in [1.54, 1.807) is 4.90 Å². The predicted octanol–water partition coefficient (Wildman–Crippen LogP) is 3.01. The maximum absolute atomic E-state index is 6.19. The minimum absolute atomic E-state index is 0.395. The summed E-state index contributed by atoms with van der Waals surface area (Å²) in [5, 5.41) is 5.42. The van der Waals surface area contributed by atoms with E-state index >= 15 is 0 Å². The van der Waals surface area contributed by atoms with E-state index in [-0.39, 0.29) is 0 Å². The molecule has 1 saturated carbocycles. The lowest BCUT2D eigenvalue weighted by Gasteiger charge is -2.22. The van der Waals surface area contributed by atoms with Crippen LogP contribution in [0.25, 0.3) is 0 Å². The van der Waals surface area contributed by atoms with Crippen LogP contribution in [-0.4, -0.2) is 27.4 Å². The van der Waals surface area contributed by atoms with Crippen molar-refractivity contribution in [3.8, 4) is 5.75 Å². The fourth-order valence-corrected chi connectivity index (χ4v) is 4.04. The Bertz CT molecular complexity index is 793. The summed E-state index contributed by atoms with van der Waals surface area (Å²) in [6.07, 6.45) is 6.30. The summed E-state index contributed by atoms with van der Waals surface area (Å²) in [5.41, 5.74) is 0. The number of para-hydroxylation sites is 1. The van der Waals surface area contributed by atoms with Gasteiger partial charge in [0.2, 0.25) is 4.77 Å². The molecule has 1 aromatic heterocycles. The van der Waals surface area contributed by atoms with Crippen molar-refractivity contribution in [1.82, 2.24) is 14.3 Å². The van der Waals surface area contributed by atoms with Crippen molar-refractivity contribution in [2.24, 2.45) is 0 Å². The molecule has 7 heteroatoms. The maximum atomic E-state index is 6.19. The van der Waals surface area contributed by atoms with Crippen molar-refractivity contribution < 1.29 is 9.64 Å². The Balaban J connectivity index is 1.53. The zero-order valence-electron chi connectivity index (χ0n) is 14.3. The lowest BCUT2D eigenvalue weighted by molar-refractivity contribution is -0.928. The third-order valence-electron chi connectivity index (χ3n) is 4.98. The Morgan fingerprint density at radius 3 is 2.68 bits per heavy atom. The van der Waals surface area contributed by atoms with Gasteiger partial charge in [-0.25, -0.2) is 0 Å². The van der Waals surface area contributed by atoms with Crippen LogP contribution in [0.2, 0.25) is 5.02 Å². The summed E-state index contributed by atoms with van der Waals surface area (Å²) >= 11 is 11.9. The highest BCUT2D eigenvalue weighted by atomic mass is 35.5. The first-order valence-corrected chi connectivity index (χ1v) is 9.90. The molecule has 0 atom stereocenters. The van der Waals surface area contributed by atoms with Crippen LogP contribution < -0.4 is 9.64 Å². The number of nitrogens with zero attached hydrogens (tertiary/aromatic N) is 3. The van der Waals surface area contributed by atoms with Gasteiger partial charge < -0.3 is 9.64 Å². The number of hydrogen-bond acceptors (Lipinski definition) is 3. The van der Waals surface area contributed by atoms with Crippen LogP contribution in [0.3, 0.4) is 0 Å². The molecule has 1 aromatic carbocycles. The highest BCUT2D eigenvalue weighted by Crippen LogP contribution is 2.36. The van der Waals surface area contributed by atoms with E-state index in [1.165, 1.54) is 45.2 Å². The van der Waals surface area contributed by atoms with E-state index < -0.39 is 0 Å². The fourth-order valence-electron chi connectivity index (χ4n) is 3.49. The van der Waals surface area contributed by atoms with Crippen molar-refractivity contribution in [3.63, 3.8) is 0 Å². The summed E-state index contributed by atoms with van der Waals surface area (Å²) in [6.45, 7) is 3.68. The summed E-state index contributed by atoms with van der Waals surface area (Å²) in [5.74, 6) is 1.59. The molecule has 2 fully saturated rings. The maximum Gasteiger partial charge on any atom is 0.203 e. The van der Waals surface area contributed by atoms with Crippen molar-refractivity contribution in [1.29, 1.82) is 0 Å². The number of likely N-dealkylation sites (tertiary alicyclic amines) is 1. The van der Waals surface area contributed by atoms with Gasteiger partial charge in [0.05, 0.1) is 18.1 Å². The van der Waals surface area contributed by atoms with Gasteiger partial charge in [0.1, 0.15) is 12.4 Å². The van der Waals surface area contributed by atoms with Gasteiger partial charge in [-0.1, -0.05) is 23.7 Å². The van der Waals surface area contributed by atoms with Gasteiger partial charge in [-0.3, -0.25) is 4.57 Å². The fraction of sp³-hybridized carbons (Fsp3) is 0.556. The topological polar surface area (TPSA) is 36.4 Å². The summed E-state index contributed by atoms with van der Waals surface area (Å²) < 4.78 is 10.9. The molecule has 0 unspecified atom stereocenters. The number of rotatable bonds is 6. The van der Waals surface area contributed by atoms with Crippen LogP contribution in [0.15, 0.2) is 24.3 Å². The van der Waals surface area contributed by atoms with Crippen molar-refractivity contribution >= 4 is 23.8 Å². The number of halogens is 1. The van der Waals surface area contributed by atoms with E-state index in [9.17, 15) is 0 Å². The number of nitrogens with one attached hydrogen (secondary N) is 1. The largest absolute Gasteiger partial charge is 0.484 e. The quantitative estimate of drug-likeness (QED) is 0.784. The highest BCUT2D eigenvalue weighted by molar-refractivity contribution is 7.71. The Labute approximate surface area is 158 Å². The molecule has 0 amide bonds. The second-order valence-corrected chi connectivity index (χ2v) is 7.76. The second kappa shape index (κ2) is 7.48. The first-order chi connectivity index (χ1) is 12.2. The van der Waals surface area contributed by atoms with E-state index in [0.29, 0.717) is 23.4 Å². The lowest BCUT2D eigenvalue weighted by Crippen LogP contribution is -3.12. The Morgan fingerprint density at radius 2 is 1.96 bits per heavy atom. The SMILES string of the molecule is S=c1n(C[NH+]2CCCCC2)nc(COc2ccccc2Cl)n1C1CC1.